The monoisotopic (exact) mass is 330 g/mol. The lowest BCUT2D eigenvalue weighted by Crippen LogP contribution is -2.25. The number of nitrogens with one attached hydrogen (secondary N) is 2. The van der Waals surface area contributed by atoms with Gasteiger partial charge in [0.25, 0.3) is 0 Å². The van der Waals surface area contributed by atoms with Gasteiger partial charge in [0.05, 0.1) is 5.69 Å². The Labute approximate surface area is 140 Å². The van der Waals surface area contributed by atoms with E-state index in [2.05, 4.69) is 10.6 Å². The molecule has 3 nitrogen and oxygen atoms in total. The number of carbonyl (C=O) groups is 1. The van der Waals surface area contributed by atoms with Gasteiger partial charge in [0.1, 0.15) is 11.6 Å². The summed E-state index contributed by atoms with van der Waals surface area (Å²) < 4.78 is 28.3. The molecule has 0 aromatic heterocycles. The van der Waals surface area contributed by atoms with Crippen LogP contribution in [0.3, 0.4) is 0 Å². The van der Waals surface area contributed by atoms with Crippen molar-refractivity contribution < 1.29 is 13.6 Å². The highest BCUT2D eigenvalue weighted by molar-refractivity contribution is 5.91. The molecule has 0 saturated heterocycles. The molecule has 2 N–H and O–H groups in total. The molecule has 1 amide bonds. The average Bonchev–Trinajstić information content (AvgIpc) is 2.58. The molecule has 24 heavy (non-hydrogen) atoms. The molecule has 2 aromatic carbocycles. The normalized spacial score (nSPS) is 14.8. The van der Waals surface area contributed by atoms with Crippen molar-refractivity contribution in [2.75, 3.05) is 11.9 Å². The number of anilines is 1. The molecule has 0 bridgehead atoms. The zero-order valence-electron chi connectivity index (χ0n) is 13.5. The molecule has 1 unspecified atom stereocenters. The van der Waals surface area contributed by atoms with Crippen molar-refractivity contribution in [3.63, 3.8) is 0 Å². The van der Waals surface area contributed by atoms with Crippen molar-refractivity contribution in [2.45, 2.75) is 32.2 Å². The molecule has 0 radical (unpaired) electrons. The zero-order valence-corrected chi connectivity index (χ0v) is 13.5. The fraction of sp³-hybridized carbons (Fsp3) is 0.316. The standard InChI is InChI=1S/C19H20F2N2O/c1-12(14-4-2-3-5-16(14)20)10-18(24)23-17-7-6-13-11-22-9-8-15(13)19(17)21/h2-7,12,22H,8-11H2,1H3,(H,23,24). The summed E-state index contributed by atoms with van der Waals surface area (Å²) in [7, 11) is 0. The highest BCUT2D eigenvalue weighted by Crippen LogP contribution is 2.26. The van der Waals surface area contributed by atoms with Crippen molar-refractivity contribution in [1.29, 1.82) is 0 Å². The van der Waals surface area contributed by atoms with E-state index in [0.717, 1.165) is 12.1 Å². The molecule has 126 valence electrons. The molecule has 1 aliphatic rings. The van der Waals surface area contributed by atoms with Crippen LogP contribution < -0.4 is 10.6 Å². The Morgan fingerprint density at radius 2 is 2.04 bits per heavy atom. The smallest absolute Gasteiger partial charge is 0.225 e. The highest BCUT2D eigenvalue weighted by Gasteiger charge is 2.19. The van der Waals surface area contributed by atoms with Gasteiger partial charge in [0.2, 0.25) is 5.91 Å². The van der Waals surface area contributed by atoms with Gasteiger partial charge in [-0.1, -0.05) is 31.2 Å². The third kappa shape index (κ3) is 3.46. The third-order valence-electron chi connectivity index (χ3n) is 4.41. The first kappa shape index (κ1) is 16.6. The van der Waals surface area contributed by atoms with Gasteiger partial charge in [-0.25, -0.2) is 8.78 Å². The molecule has 3 rings (SSSR count). The second-order valence-corrected chi connectivity index (χ2v) is 6.17. The number of halogens is 2. The molecule has 5 heteroatoms. The van der Waals surface area contributed by atoms with E-state index in [0.29, 0.717) is 24.1 Å². The average molecular weight is 330 g/mol. The summed E-state index contributed by atoms with van der Waals surface area (Å²) in [6, 6.07) is 9.82. The van der Waals surface area contributed by atoms with Crippen LogP contribution in [-0.4, -0.2) is 12.5 Å². The summed E-state index contributed by atoms with van der Waals surface area (Å²) in [5.74, 6) is -1.29. The van der Waals surface area contributed by atoms with E-state index in [1.165, 1.54) is 6.07 Å². The summed E-state index contributed by atoms with van der Waals surface area (Å²) in [6.45, 7) is 3.16. The molecule has 1 aliphatic heterocycles. The first-order chi connectivity index (χ1) is 11.6. The summed E-state index contributed by atoms with van der Waals surface area (Å²) in [6.07, 6.45) is 0.704. The SMILES string of the molecule is CC(CC(=O)Nc1ccc2c(c1F)CCNC2)c1ccccc1F. The topological polar surface area (TPSA) is 41.1 Å². The quantitative estimate of drug-likeness (QED) is 0.896. The third-order valence-corrected chi connectivity index (χ3v) is 4.41. The fourth-order valence-electron chi connectivity index (χ4n) is 3.09. The predicted molar refractivity (Wildman–Crippen MR) is 89.9 cm³/mol. The van der Waals surface area contributed by atoms with Crippen molar-refractivity contribution in [2.24, 2.45) is 0 Å². The first-order valence-corrected chi connectivity index (χ1v) is 8.11. The molecular weight excluding hydrogens is 310 g/mol. The van der Waals surface area contributed by atoms with E-state index in [1.54, 1.807) is 31.2 Å². The number of amides is 1. The van der Waals surface area contributed by atoms with Crippen LogP contribution in [0.2, 0.25) is 0 Å². The second kappa shape index (κ2) is 7.09. The summed E-state index contributed by atoms with van der Waals surface area (Å²) in [4.78, 5) is 12.2. The Morgan fingerprint density at radius 3 is 2.83 bits per heavy atom. The number of rotatable bonds is 4. The highest BCUT2D eigenvalue weighted by atomic mass is 19.1. The molecule has 0 saturated carbocycles. The van der Waals surface area contributed by atoms with E-state index >= 15 is 0 Å². The number of hydrogen-bond donors (Lipinski definition) is 2. The Bertz CT molecular complexity index is 761. The molecule has 0 fully saturated rings. The van der Waals surface area contributed by atoms with Gasteiger partial charge in [-0.3, -0.25) is 4.79 Å². The van der Waals surface area contributed by atoms with Gasteiger partial charge < -0.3 is 10.6 Å². The Hall–Kier alpha value is -2.27. The minimum absolute atomic E-state index is 0.0962. The van der Waals surface area contributed by atoms with Gasteiger partial charge in [-0.05, 0) is 47.7 Å². The molecule has 1 heterocycles. The number of carbonyl (C=O) groups excluding carboxylic acids is 1. The largest absolute Gasteiger partial charge is 0.324 e. The van der Waals surface area contributed by atoms with Crippen LogP contribution in [0.4, 0.5) is 14.5 Å². The zero-order chi connectivity index (χ0) is 17.1. The van der Waals surface area contributed by atoms with Gasteiger partial charge >= 0.3 is 0 Å². The number of benzene rings is 2. The maximum absolute atomic E-state index is 14.5. The maximum atomic E-state index is 14.5. The lowest BCUT2D eigenvalue weighted by molar-refractivity contribution is -0.116. The van der Waals surface area contributed by atoms with Gasteiger partial charge in [-0.2, -0.15) is 0 Å². The fourth-order valence-corrected chi connectivity index (χ4v) is 3.09. The maximum Gasteiger partial charge on any atom is 0.225 e. The van der Waals surface area contributed by atoms with Crippen molar-refractivity contribution in [3.05, 3.63) is 64.7 Å². The van der Waals surface area contributed by atoms with E-state index in [-0.39, 0.29) is 35.6 Å². The molecule has 1 atom stereocenters. The first-order valence-electron chi connectivity index (χ1n) is 8.11. The van der Waals surface area contributed by atoms with Crippen molar-refractivity contribution in [1.82, 2.24) is 5.32 Å². The van der Waals surface area contributed by atoms with E-state index in [9.17, 15) is 13.6 Å². The summed E-state index contributed by atoms with van der Waals surface area (Å²) in [5, 5.41) is 5.81. The molecule has 0 aliphatic carbocycles. The Kier molecular flexibility index (Phi) is 4.90. The van der Waals surface area contributed by atoms with Crippen molar-refractivity contribution >= 4 is 11.6 Å². The van der Waals surface area contributed by atoms with Gasteiger partial charge in [0, 0.05) is 13.0 Å². The van der Waals surface area contributed by atoms with Gasteiger partial charge in [0.15, 0.2) is 0 Å². The van der Waals surface area contributed by atoms with Crippen molar-refractivity contribution in [3.8, 4) is 0 Å². The van der Waals surface area contributed by atoms with Crippen LogP contribution in [0.15, 0.2) is 36.4 Å². The molecule has 0 spiro atoms. The second-order valence-electron chi connectivity index (χ2n) is 6.17. The minimum Gasteiger partial charge on any atom is -0.324 e. The van der Waals surface area contributed by atoms with Gasteiger partial charge in [-0.15, -0.1) is 0 Å². The Morgan fingerprint density at radius 1 is 1.25 bits per heavy atom. The van der Waals surface area contributed by atoms with Crippen LogP contribution in [0.5, 0.6) is 0 Å². The Balaban J connectivity index is 1.70. The van der Waals surface area contributed by atoms with Crippen LogP contribution in [-0.2, 0) is 17.8 Å². The van der Waals surface area contributed by atoms with E-state index < -0.39 is 0 Å². The minimum atomic E-state index is -0.360. The van der Waals surface area contributed by atoms with Crippen LogP contribution in [0.1, 0.15) is 36.0 Å². The lowest BCUT2D eigenvalue weighted by atomic mass is 9.96. The molecule has 2 aromatic rings. The van der Waals surface area contributed by atoms with E-state index in [4.69, 9.17) is 0 Å². The summed E-state index contributed by atoms with van der Waals surface area (Å²) in [5.41, 5.74) is 2.27. The summed E-state index contributed by atoms with van der Waals surface area (Å²) >= 11 is 0. The molecular formula is C19H20F2N2O. The van der Waals surface area contributed by atoms with E-state index in [1.807, 2.05) is 6.07 Å². The predicted octanol–water partition coefficient (Wildman–Crippen LogP) is 3.74. The van der Waals surface area contributed by atoms with Crippen LogP contribution >= 0.6 is 0 Å². The van der Waals surface area contributed by atoms with Crippen LogP contribution in [0.25, 0.3) is 0 Å². The number of hydrogen-bond acceptors (Lipinski definition) is 2. The lowest BCUT2D eigenvalue weighted by Gasteiger charge is -2.20. The van der Waals surface area contributed by atoms with Crippen LogP contribution in [0, 0.1) is 11.6 Å². The number of fused-ring (bicyclic) bond motifs is 1.